The third-order valence-electron chi connectivity index (χ3n) is 5.21. The number of hydrogen-bond acceptors (Lipinski definition) is 4. The Balaban J connectivity index is 1.86. The van der Waals surface area contributed by atoms with E-state index in [4.69, 9.17) is 9.84 Å². The molecule has 2 aromatic rings. The Morgan fingerprint density at radius 1 is 1.38 bits per heavy atom. The summed E-state index contributed by atoms with van der Waals surface area (Å²) in [5, 5.41) is 4.75. The van der Waals surface area contributed by atoms with Crippen molar-refractivity contribution in [1.29, 1.82) is 0 Å². The molecular formula is C21H28FIN4O2. The number of amides is 1. The first-order valence-corrected chi connectivity index (χ1v) is 10.8. The molecule has 0 spiro atoms. The van der Waals surface area contributed by atoms with Gasteiger partial charge in [-0.25, -0.2) is 9.18 Å². The quantitative estimate of drug-likeness (QED) is 0.508. The smallest absolute Gasteiger partial charge is 0.410 e. The average Bonchev–Trinajstić information content (AvgIpc) is 2.88. The molecule has 1 fully saturated rings. The van der Waals surface area contributed by atoms with Crippen molar-refractivity contribution < 1.29 is 13.9 Å². The fraction of sp³-hybridized carbons (Fsp3) is 0.571. The van der Waals surface area contributed by atoms with Gasteiger partial charge < -0.3 is 9.64 Å². The van der Waals surface area contributed by atoms with E-state index in [0.29, 0.717) is 17.8 Å². The van der Waals surface area contributed by atoms with Gasteiger partial charge in [-0.2, -0.15) is 5.10 Å². The predicted molar refractivity (Wildman–Crippen MR) is 118 cm³/mol. The van der Waals surface area contributed by atoms with Crippen LogP contribution in [0.2, 0.25) is 0 Å². The number of likely N-dealkylation sites (tertiary alicyclic amines) is 1. The number of pyridine rings is 1. The van der Waals surface area contributed by atoms with Crippen molar-refractivity contribution in [3.63, 3.8) is 0 Å². The highest BCUT2D eigenvalue weighted by Gasteiger charge is 2.41. The number of carbonyl (C=O) groups excluding carboxylic acids is 1. The number of hydrogen-bond donors (Lipinski definition) is 0. The molecule has 0 bridgehead atoms. The summed E-state index contributed by atoms with van der Waals surface area (Å²) >= 11 is 2.22. The molecule has 1 atom stereocenters. The molecule has 0 radical (unpaired) electrons. The standard InChI is InChI=1S/C21H28FIN4O2/c1-13-17(23)18(15-12-24-9-7-16(15)22)25-27(13)14-8-10-26(21(5,6)11-14)19(28)29-20(2,3)4/h7,9,12,14H,8,10-11H2,1-6H3. The van der Waals surface area contributed by atoms with Crippen molar-refractivity contribution in [2.75, 3.05) is 6.54 Å². The normalized spacial score (nSPS) is 19.3. The molecule has 1 aliphatic rings. The molecule has 1 amide bonds. The molecule has 0 N–H and O–H groups in total. The first kappa shape index (κ1) is 22.0. The van der Waals surface area contributed by atoms with Crippen LogP contribution in [0.1, 0.15) is 59.2 Å². The van der Waals surface area contributed by atoms with E-state index in [2.05, 4.69) is 41.4 Å². The Morgan fingerprint density at radius 2 is 2.07 bits per heavy atom. The Hall–Kier alpha value is -1.71. The maximum absolute atomic E-state index is 14.3. The van der Waals surface area contributed by atoms with Crippen molar-refractivity contribution >= 4 is 28.7 Å². The second-order valence-electron chi connectivity index (χ2n) is 9.14. The van der Waals surface area contributed by atoms with E-state index in [0.717, 1.165) is 22.1 Å². The molecule has 3 heterocycles. The summed E-state index contributed by atoms with van der Waals surface area (Å²) in [5.41, 5.74) is 1.11. The van der Waals surface area contributed by atoms with Gasteiger partial charge in [0.25, 0.3) is 0 Å². The van der Waals surface area contributed by atoms with Crippen LogP contribution in [0, 0.1) is 16.3 Å². The van der Waals surface area contributed by atoms with Gasteiger partial charge >= 0.3 is 6.09 Å². The van der Waals surface area contributed by atoms with E-state index >= 15 is 0 Å². The number of ether oxygens (including phenoxy) is 1. The van der Waals surface area contributed by atoms with Gasteiger partial charge in [-0.05, 0) is 83.0 Å². The van der Waals surface area contributed by atoms with E-state index in [9.17, 15) is 9.18 Å². The fourth-order valence-electron chi connectivity index (χ4n) is 3.81. The summed E-state index contributed by atoms with van der Waals surface area (Å²) in [6, 6.07) is 1.47. The maximum Gasteiger partial charge on any atom is 0.410 e. The molecule has 1 unspecified atom stereocenters. The molecule has 158 valence electrons. The SMILES string of the molecule is Cc1c(I)c(-c2cnccc2F)nn1C1CCN(C(=O)OC(C)(C)C)C(C)(C)C1. The lowest BCUT2D eigenvalue weighted by molar-refractivity contribution is -0.0144. The van der Waals surface area contributed by atoms with Gasteiger partial charge in [-0.1, -0.05) is 0 Å². The fourth-order valence-corrected chi connectivity index (χ4v) is 4.46. The third kappa shape index (κ3) is 4.57. The van der Waals surface area contributed by atoms with E-state index in [1.807, 2.05) is 32.4 Å². The monoisotopic (exact) mass is 514 g/mol. The molecule has 2 aromatic heterocycles. The zero-order chi connectivity index (χ0) is 21.6. The molecule has 0 aliphatic carbocycles. The van der Waals surface area contributed by atoms with Crippen LogP contribution in [0.4, 0.5) is 9.18 Å². The number of nitrogens with zero attached hydrogens (tertiary/aromatic N) is 4. The van der Waals surface area contributed by atoms with E-state index < -0.39 is 5.60 Å². The molecule has 0 aromatic carbocycles. The van der Waals surface area contributed by atoms with Crippen LogP contribution in [0.15, 0.2) is 18.5 Å². The molecule has 1 saturated heterocycles. The summed E-state index contributed by atoms with van der Waals surface area (Å²) in [4.78, 5) is 18.5. The topological polar surface area (TPSA) is 60.2 Å². The summed E-state index contributed by atoms with van der Waals surface area (Å²) in [6.45, 7) is 12.3. The van der Waals surface area contributed by atoms with Crippen LogP contribution >= 0.6 is 22.6 Å². The zero-order valence-electron chi connectivity index (χ0n) is 17.8. The van der Waals surface area contributed by atoms with Crippen LogP contribution in [-0.2, 0) is 4.74 Å². The van der Waals surface area contributed by atoms with Gasteiger partial charge in [-0.15, -0.1) is 0 Å². The summed E-state index contributed by atoms with van der Waals surface area (Å²) < 4.78 is 22.8. The van der Waals surface area contributed by atoms with Crippen LogP contribution < -0.4 is 0 Å². The molecule has 29 heavy (non-hydrogen) atoms. The van der Waals surface area contributed by atoms with E-state index in [-0.39, 0.29) is 23.5 Å². The van der Waals surface area contributed by atoms with Gasteiger partial charge in [0, 0.05) is 30.2 Å². The van der Waals surface area contributed by atoms with Crippen molar-refractivity contribution in [3.05, 3.63) is 33.5 Å². The van der Waals surface area contributed by atoms with E-state index in [1.54, 1.807) is 4.90 Å². The highest BCUT2D eigenvalue weighted by molar-refractivity contribution is 14.1. The van der Waals surface area contributed by atoms with Crippen molar-refractivity contribution in [2.24, 2.45) is 0 Å². The summed E-state index contributed by atoms with van der Waals surface area (Å²) in [7, 11) is 0. The number of rotatable bonds is 2. The lowest BCUT2D eigenvalue weighted by atomic mass is 9.87. The minimum Gasteiger partial charge on any atom is -0.444 e. The first-order valence-electron chi connectivity index (χ1n) is 9.76. The summed E-state index contributed by atoms with van der Waals surface area (Å²) in [5.74, 6) is -0.331. The van der Waals surface area contributed by atoms with Crippen LogP contribution in [-0.4, -0.2) is 43.4 Å². The molecule has 6 nitrogen and oxygen atoms in total. The molecular weight excluding hydrogens is 486 g/mol. The van der Waals surface area contributed by atoms with Crippen LogP contribution in [0.3, 0.4) is 0 Å². The number of carbonyl (C=O) groups is 1. The van der Waals surface area contributed by atoms with Gasteiger partial charge in [0.1, 0.15) is 17.1 Å². The second kappa shape index (κ2) is 7.85. The lowest BCUT2D eigenvalue weighted by Gasteiger charge is -2.45. The van der Waals surface area contributed by atoms with Crippen LogP contribution in [0.25, 0.3) is 11.3 Å². The number of aromatic nitrogens is 3. The molecule has 8 heteroatoms. The van der Waals surface area contributed by atoms with Gasteiger partial charge in [0.15, 0.2) is 0 Å². The summed E-state index contributed by atoms with van der Waals surface area (Å²) in [6.07, 6.45) is 4.16. The molecule has 1 aliphatic heterocycles. The molecule has 3 rings (SSSR count). The Kier molecular flexibility index (Phi) is 5.95. The van der Waals surface area contributed by atoms with Crippen molar-refractivity contribution in [3.8, 4) is 11.3 Å². The van der Waals surface area contributed by atoms with Gasteiger partial charge in [-0.3, -0.25) is 9.67 Å². The Bertz CT molecular complexity index is 920. The third-order valence-corrected chi connectivity index (χ3v) is 6.50. The van der Waals surface area contributed by atoms with E-state index in [1.165, 1.54) is 18.5 Å². The minimum atomic E-state index is -0.526. The second-order valence-corrected chi connectivity index (χ2v) is 10.2. The largest absolute Gasteiger partial charge is 0.444 e. The number of halogens is 2. The van der Waals surface area contributed by atoms with Crippen LogP contribution in [0.5, 0.6) is 0 Å². The molecule has 0 saturated carbocycles. The Morgan fingerprint density at radius 3 is 2.66 bits per heavy atom. The predicted octanol–water partition coefficient (Wildman–Crippen LogP) is 5.35. The minimum absolute atomic E-state index is 0.116. The highest BCUT2D eigenvalue weighted by atomic mass is 127. The maximum atomic E-state index is 14.3. The van der Waals surface area contributed by atoms with Gasteiger partial charge in [0.2, 0.25) is 0 Å². The van der Waals surface area contributed by atoms with Crippen molar-refractivity contribution in [1.82, 2.24) is 19.7 Å². The lowest BCUT2D eigenvalue weighted by Crippen LogP contribution is -2.54. The average molecular weight is 514 g/mol. The number of piperidine rings is 1. The highest BCUT2D eigenvalue weighted by Crippen LogP contribution is 2.38. The Labute approximate surface area is 185 Å². The van der Waals surface area contributed by atoms with Gasteiger partial charge in [0.05, 0.1) is 15.2 Å². The van der Waals surface area contributed by atoms with Crippen molar-refractivity contribution in [2.45, 2.75) is 71.6 Å². The first-order chi connectivity index (χ1) is 13.4. The zero-order valence-corrected chi connectivity index (χ0v) is 19.9.